The van der Waals surface area contributed by atoms with Gasteiger partial charge in [0.05, 0.1) is 31.6 Å². The van der Waals surface area contributed by atoms with E-state index in [0.717, 1.165) is 11.1 Å². The first-order valence-electron chi connectivity index (χ1n) is 5.60. The Hall–Kier alpha value is -2.23. The van der Waals surface area contributed by atoms with E-state index >= 15 is 0 Å². The number of methoxy groups -OCH3 is 2. The minimum Gasteiger partial charge on any atom is -0.496 e. The van der Waals surface area contributed by atoms with Crippen molar-refractivity contribution in [3.8, 4) is 11.5 Å². The van der Waals surface area contributed by atoms with Gasteiger partial charge in [-0.25, -0.2) is 0 Å². The van der Waals surface area contributed by atoms with Gasteiger partial charge >= 0.3 is 0 Å². The van der Waals surface area contributed by atoms with Gasteiger partial charge in [-0.15, -0.1) is 0 Å². The van der Waals surface area contributed by atoms with Crippen LogP contribution in [0.5, 0.6) is 11.5 Å². The van der Waals surface area contributed by atoms with E-state index in [1.165, 1.54) is 6.26 Å². The second-order valence-corrected chi connectivity index (χ2v) is 4.14. The van der Waals surface area contributed by atoms with Crippen molar-refractivity contribution in [1.29, 1.82) is 0 Å². The molecule has 0 bridgehead atoms. The standard InChI is InChI=1S/C14H12O4/c1-16-11-3-4-12(17-2)13-9(11)5-8-6-18-7-10(8)14(13)15/h3-4,6-7H,5H2,1-2H3. The van der Waals surface area contributed by atoms with E-state index in [2.05, 4.69) is 0 Å². The molecule has 4 nitrogen and oxygen atoms in total. The Bertz CT molecular complexity index is 625. The Kier molecular flexibility index (Phi) is 2.37. The number of benzene rings is 1. The fourth-order valence-electron chi connectivity index (χ4n) is 2.38. The van der Waals surface area contributed by atoms with Crippen molar-refractivity contribution in [3.05, 3.63) is 46.9 Å². The summed E-state index contributed by atoms with van der Waals surface area (Å²) in [6, 6.07) is 3.57. The van der Waals surface area contributed by atoms with E-state index in [-0.39, 0.29) is 5.78 Å². The molecule has 0 radical (unpaired) electrons. The zero-order valence-corrected chi connectivity index (χ0v) is 10.1. The molecular formula is C14H12O4. The quantitative estimate of drug-likeness (QED) is 0.694. The molecule has 2 aromatic rings. The van der Waals surface area contributed by atoms with Crippen molar-refractivity contribution in [2.24, 2.45) is 0 Å². The van der Waals surface area contributed by atoms with Gasteiger partial charge in [0.15, 0.2) is 0 Å². The van der Waals surface area contributed by atoms with Crippen molar-refractivity contribution >= 4 is 5.78 Å². The molecule has 0 N–H and O–H groups in total. The maximum absolute atomic E-state index is 12.4. The minimum atomic E-state index is -0.0734. The molecule has 3 rings (SSSR count). The summed E-state index contributed by atoms with van der Waals surface area (Å²) in [5, 5.41) is 0. The maximum Gasteiger partial charge on any atom is 0.200 e. The molecule has 0 spiro atoms. The summed E-state index contributed by atoms with van der Waals surface area (Å²) < 4.78 is 15.7. The predicted octanol–water partition coefficient (Wildman–Crippen LogP) is 2.43. The molecule has 0 aliphatic heterocycles. The van der Waals surface area contributed by atoms with Gasteiger partial charge in [-0.1, -0.05) is 0 Å². The monoisotopic (exact) mass is 244 g/mol. The van der Waals surface area contributed by atoms with E-state index < -0.39 is 0 Å². The van der Waals surface area contributed by atoms with Crippen LogP contribution >= 0.6 is 0 Å². The summed E-state index contributed by atoms with van der Waals surface area (Å²) in [7, 11) is 3.15. The van der Waals surface area contributed by atoms with Gasteiger partial charge in [-0.05, 0) is 12.1 Å². The molecule has 92 valence electrons. The highest BCUT2D eigenvalue weighted by Crippen LogP contribution is 2.38. The SMILES string of the molecule is COc1ccc(OC)c2c1Cc1cocc1C2=O. The molecule has 0 atom stereocenters. The second-order valence-electron chi connectivity index (χ2n) is 4.14. The lowest BCUT2D eigenvalue weighted by Crippen LogP contribution is -2.15. The summed E-state index contributed by atoms with van der Waals surface area (Å²) in [6.45, 7) is 0. The number of ketones is 1. The molecule has 1 aliphatic carbocycles. The number of carbonyl (C=O) groups excluding carboxylic acids is 1. The fourth-order valence-corrected chi connectivity index (χ4v) is 2.38. The van der Waals surface area contributed by atoms with Crippen molar-refractivity contribution in [2.45, 2.75) is 6.42 Å². The number of ether oxygens (including phenoxy) is 2. The van der Waals surface area contributed by atoms with Gasteiger partial charge in [-0.3, -0.25) is 4.79 Å². The number of carbonyl (C=O) groups is 1. The van der Waals surface area contributed by atoms with Crippen LogP contribution in [0.3, 0.4) is 0 Å². The highest BCUT2D eigenvalue weighted by atomic mass is 16.5. The van der Waals surface area contributed by atoms with Crippen LogP contribution in [-0.2, 0) is 6.42 Å². The number of rotatable bonds is 2. The lowest BCUT2D eigenvalue weighted by Gasteiger charge is -2.20. The summed E-state index contributed by atoms with van der Waals surface area (Å²) >= 11 is 0. The third kappa shape index (κ3) is 1.35. The number of fused-ring (bicyclic) bond motifs is 2. The van der Waals surface area contributed by atoms with Gasteiger partial charge in [0.1, 0.15) is 17.8 Å². The molecule has 4 heteroatoms. The van der Waals surface area contributed by atoms with Gasteiger partial charge in [-0.2, -0.15) is 0 Å². The molecule has 0 fully saturated rings. The van der Waals surface area contributed by atoms with Crippen LogP contribution in [0.25, 0.3) is 0 Å². The predicted molar refractivity (Wildman–Crippen MR) is 64.5 cm³/mol. The first-order valence-corrected chi connectivity index (χ1v) is 5.60. The van der Waals surface area contributed by atoms with Crippen molar-refractivity contribution < 1.29 is 18.7 Å². The summed E-state index contributed by atoms with van der Waals surface area (Å²) in [5.74, 6) is 1.20. The number of hydrogen-bond acceptors (Lipinski definition) is 4. The van der Waals surface area contributed by atoms with Gasteiger partial charge < -0.3 is 13.9 Å². The topological polar surface area (TPSA) is 48.7 Å². The van der Waals surface area contributed by atoms with Gasteiger partial charge in [0.2, 0.25) is 5.78 Å². The molecule has 1 aromatic carbocycles. The molecule has 0 amide bonds. The average molecular weight is 244 g/mol. The molecule has 1 aliphatic rings. The third-order valence-corrected chi connectivity index (χ3v) is 3.25. The first kappa shape index (κ1) is 10.9. The van der Waals surface area contributed by atoms with Gasteiger partial charge in [0.25, 0.3) is 0 Å². The Morgan fingerprint density at radius 3 is 2.56 bits per heavy atom. The Morgan fingerprint density at radius 2 is 1.83 bits per heavy atom. The molecular weight excluding hydrogens is 232 g/mol. The van der Waals surface area contributed by atoms with Crippen LogP contribution in [0, 0.1) is 0 Å². The van der Waals surface area contributed by atoms with Crippen molar-refractivity contribution in [2.75, 3.05) is 14.2 Å². The van der Waals surface area contributed by atoms with Gasteiger partial charge in [0, 0.05) is 17.5 Å². The summed E-state index contributed by atoms with van der Waals surface area (Å²) in [6.07, 6.45) is 3.71. The van der Waals surface area contributed by atoms with Crippen LogP contribution in [0.4, 0.5) is 0 Å². The van der Waals surface area contributed by atoms with Crippen molar-refractivity contribution in [1.82, 2.24) is 0 Å². The molecule has 1 heterocycles. The molecule has 0 saturated carbocycles. The minimum absolute atomic E-state index is 0.0734. The molecule has 1 aromatic heterocycles. The highest BCUT2D eigenvalue weighted by Gasteiger charge is 2.30. The van der Waals surface area contributed by atoms with Crippen LogP contribution in [0.1, 0.15) is 27.0 Å². The van der Waals surface area contributed by atoms with E-state index in [1.54, 1.807) is 26.5 Å². The van der Waals surface area contributed by atoms with E-state index in [1.807, 2.05) is 6.07 Å². The van der Waals surface area contributed by atoms with Crippen molar-refractivity contribution in [3.63, 3.8) is 0 Å². The number of furan rings is 1. The number of hydrogen-bond donors (Lipinski definition) is 0. The normalized spacial score (nSPS) is 12.9. The Labute approximate surface area is 104 Å². The summed E-state index contributed by atoms with van der Waals surface area (Å²) in [4.78, 5) is 12.4. The van der Waals surface area contributed by atoms with Crippen LogP contribution in [0.2, 0.25) is 0 Å². The van der Waals surface area contributed by atoms with E-state index in [4.69, 9.17) is 13.9 Å². The molecule has 0 saturated heterocycles. The molecule has 18 heavy (non-hydrogen) atoms. The summed E-state index contributed by atoms with van der Waals surface area (Å²) in [5.41, 5.74) is 2.93. The smallest absolute Gasteiger partial charge is 0.200 e. The largest absolute Gasteiger partial charge is 0.496 e. The van der Waals surface area contributed by atoms with Crippen LogP contribution < -0.4 is 9.47 Å². The average Bonchev–Trinajstić information content (AvgIpc) is 2.86. The van der Waals surface area contributed by atoms with E-state index in [9.17, 15) is 4.79 Å². The fraction of sp³-hybridized carbons (Fsp3) is 0.214. The molecule has 0 unspecified atom stereocenters. The Morgan fingerprint density at radius 1 is 1.11 bits per heavy atom. The third-order valence-electron chi connectivity index (χ3n) is 3.25. The van der Waals surface area contributed by atoms with Crippen LogP contribution in [-0.4, -0.2) is 20.0 Å². The lowest BCUT2D eigenvalue weighted by molar-refractivity contribution is 0.103. The highest BCUT2D eigenvalue weighted by molar-refractivity contribution is 6.14. The zero-order chi connectivity index (χ0) is 12.7. The van der Waals surface area contributed by atoms with Crippen LogP contribution in [0.15, 0.2) is 29.1 Å². The zero-order valence-electron chi connectivity index (χ0n) is 10.1. The second kappa shape index (κ2) is 3.91. The first-order chi connectivity index (χ1) is 8.76. The maximum atomic E-state index is 12.4. The lowest BCUT2D eigenvalue weighted by atomic mass is 9.86. The van der Waals surface area contributed by atoms with E-state index in [0.29, 0.717) is 29.0 Å². The Balaban J connectivity index is 2.27.